The minimum absolute atomic E-state index is 0.112. The van der Waals surface area contributed by atoms with Gasteiger partial charge in [-0.05, 0) is 54.1 Å². The summed E-state index contributed by atoms with van der Waals surface area (Å²) in [6, 6.07) is 22.5. The molecule has 6 nitrogen and oxygen atoms in total. The summed E-state index contributed by atoms with van der Waals surface area (Å²) in [5.41, 5.74) is 4.62. The summed E-state index contributed by atoms with van der Waals surface area (Å²) in [4.78, 5) is 4.55. The first-order chi connectivity index (χ1) is 13.6. The van der Waals surface area contributed by atoms with Gasteiger partial charge in [-0.1, -0.05) is 41.7 Å². The van der Waals surface area contributed by atoms with Crippen LogP contribution in [0.1, 0.15) is 5.56 Å². The monoisotopic (exact) mass is 409 g/mol. The van der Waals surface area contributed by atoms with Crippen LogP contribution in [0.5, 0.6) is 5.75 Å². The van der Waals surface area contributed by atoms with Crippen LogP contribution < -0.4 is 9.61 Å². The molecular weight excluding hydrogens is 394 g/mol. The van der Waals surface area contributed by atoms with Crippen molar-refractivity contribution in [1.29, 1.82) is 0 Å². The van der Waals surface area contributed by atoms with E-state index in [0.29, 0.717) is 5.13 Å². The number of anilines is 1. The lowest BCUT2D eigenvalue weighted by atomic mass is 10.2. The van der Waals surface area contributed by atoms with Crippen LogP contribution in [0.25, 0.3) is 10.2 Å². The Morgan fingerprint density at radius 2 is 1.64 bits per heavy atom. The van der Waals surface area contributed by atoms with Crippen LogP contribution in [0.2, 0.25) is 0 Å². The average molecular weight is 409 g/mol. The van der Waals surface area contributed by atoms with Gasteiger partial charge in [0.15, 0.2) is 0 Å². The summed E-state index contributed by atoms with van der Waals surface area (Å²) < 4.78 is 30.7. The number of hydrogen-bond donors (Lipinski definition) is 1. The smallest absolute Gasteiger partial charge is 0.339 e. The van der Waals surface area contributed by atoms with Crippen molar-refractivity contribution >= 4 is 43.0 Å². The number of thiazole rings is 1. The van der Waals surface area contributed by atoms with E-state index in [0.717, 1.165) is 15.8 Å². The second-order valence-corrected chi connectivity index (χ2v) is 8.35. The lowest BCUT2D eigenvalue weighted by Gasteiger charge is -2.06. The zero-order valence-corrected chi connectivity index (χ0v) is 16.2. The van der Waals surface area contributed by atoms with E-state index in [1.165, 1.54) is 23.5 Å². The molecular formula is C20H15N3O3S2. The van der Waals surface area contributed by atoms with Gasteiger partial charge in [0.1, 0.15) is 10.6 Å². The second kappa shape index (κ2) is 7.79. The lowest BCUT2D eigenvalue weighted by Crippen LogP contribution is -2.09. The summed E-state index contributed by atoms with van der Waals surface area (Å²) in [7, 11) is -3.84. The van der Waals surface area contributed by atoms with Gasteiger partial charge in [-0.2, -0.15) is 13.5 Å². The molecule has 1 aromatic heterocycles. The maximum Gasteiger partial charge on any atom is 0.339 e. The molecule has 3 aromatic carbocycles. The predicted octanol–water partition coefficient (Wildman–Crippen LogP) is 4.51. The van der Waals surface area contributed by atoms with Crippen LogP contribution >= 0.6 is 11.3 Å². The highest BCUT2D eigenvalue weighted by Gasteiger charge is 2.15. The van der Waals surface area contributed by atoms with E-state index in [-0.39, 0.29) is 10.6 Å². The van der Waals surface area contributed by atoms with E-state index in [9.17, 15) is 8.42 Å². The van der Waals surface area contributed by atoms with Gasteiger partial charge in [-0.15, -0.1) is 0 Å². The van der Waals surface area contributed by atoms with Gasteiger partial charge < -0.3 is 4.18 Å². The third-order valence-electron chi connectivity index (χ3n) is 3.79. The molecule has 28 heavy (non-hydrogen) atoms. The highest BCUT2D eigenvalue weighted by Crippen LogP contribution is 2.25. The fraction of sp³-hybridized carbons (Fsp3) is 0. The van der Waals surface area contributed by atoms with E-state index in [1.807, 2.05) is 24.3 Å². The first kappa shape index (κ1) is 18.1. The molecule has 4 aromatic rings. The Kier molecular flexibility index (Phi) is 5.05. The number of fused-ring (bicyclic) bond motifs is 1. The molecule has 8 heteroatoms. The number of aromatic nitrogens is 1. The third-order valence-corrected chi connectivity index (χ3v) is 5.99. The van der Waals surface area contributed by atoms with Crippen LogP contribution in [-0.2, 0) is 10.1 Å². The van der Waals surface area contributed by atoms with E-state index in [2.05, 4.69) is 15.5 Å². The molecule has 4 rings (SSSR count). The van der Waals surface area contributed by atoms with Crippen molar-refractivity contribution < 1.29 is 12.6 Å². The Bertz CT molecular complexity index is 1190. The van der Waals surface area contributed by atoms with Crippen LogP contribution in [0.3, 0.4) is 0 Å². The largest absolute Gasteiger partial charge is 0.379 e. The molecule has 0 unspecified atom stereocenters. The third kappa shape index (κ3) is 4.19. The highest BCUT2D eigenvalue weighted by molar-refractivity contribution is 7.87. The summed E-state index contributed by atoms with van der Waals surface area (Å²) in [6.07, 6.45) is 1.63. The number of rotatable bonds is 6. The van der Waals surface area contributed by atoms with Crippen LogP contribution in [0.15, 0.2) is 88.9 Å². The molecule has 0 saturated heterocycles. The van der Waals surface area contributed by atoms with Crippen molar-refractivity contribution in [2.24, 2.45) is 5.10 Å². The van der Waals surface area contributed by atoms with Gasteiger partial charge in [-0.3, -0.25) is 5.43 Å². The first-order valence-electron chi connectivity index (χ1n) is 8.34. The van der Waals surface area contributed by atoms with Crippen molar-refractivity contribution in [3.05, 3.63) is 84.4 Å². The Morgan fingerprint density at radius 1 is 0.929 bits per heavy atom. The van der Waals surface area contributed by atoms with Crippen molar-refractivity contribution in [2.45, 2.75) is 4.90 Å². The Labute approximate surface area is 166 Å². The fourth-order valence-corrected chi connectivity index (χ4v) is 4.22. The van der Waals surface area contributed by atoms with Gasteiger partial charge in [-0.25, -0.2) is 4.98 Å². The van der Waals surface area contributed by atoms with Crippen LogP contribution in [0.4, 0.5) is 5.13 Å². The molecule has 0 radical (unpaired) electrons. The van der Waals surface area contributed by atoms with E-state index in [1.54, 1.807) is 48.7 Å². The van der Waals surface area contributed by atoms with E-state index in [4.69, 9.17) is 4.18 Å². The zero-order valence-electron chi connectivity index (χ0n) is 14.5. The van der Waals surface area contributed by atoms with Crippen LogP contribution in [0, 0.1) is 0 Å². The minimum atomic E-state index is -3.84. The standard InChI is InChI=1S/C20H15N3O3S2/c24-28(25,17-6-2-1-3-7-17)26-16-12-10-15(11-13-16)14-21-23-20-22-18-8-4-5-9-19(18)27-20/h1-14H,(H,22,23)/b21-14-. The summed E-state index contributed by atoms with van der Waals surface area (Å²) in [6.45, 7) is 0. The SMILES string of the molecule is O=S(=O)(Oc1ccc(/C=N\Nc2nc3ccccc3s2)cc1)c1ccccc1. The maximum atomic E-state index is 12.2. The van der Waals surface area contributed by atoms with E-state index >= 15 is 0 Å². The summed E-state index contributed by atoms with van der Waals surface area (Å²) >= 11 is 1.52. The van der Waals surface area contributed by atoms with Gasteiger partial charge >= 0.3 is 10.1 Å². The highest BCUT2D eigenvalue weighted by atomic mass is 32.2. The molecule has 0 aliphatic carbocycles. The zero-order chi connectivity index (χ0) is 19.4. The Hall–Kier alpha value is -3.23. The summed E-state index contributed by atoms with van der Waals surface area (Å²) in [5, 5.41) is 4.87. The molecule has 0 saturated carbocycles. The van der Waals surface area contributed by atoms with Crippen molar-refractivity contribution in [2.75, 3.05) is 5.43 Å². The van der Waals surface area contributed by atoms with Gasteiger partial charge in [0, 0.05) is 0 Å². The van der Waals surface area contributed by atoms with Gasteiger partial charge in [0.25, 0.3) is 0 Å². The molecule has 140 valence electrons. The van der Waals surface area contributed by atoms with Crippen molar-refractivity contribution in [3.63, 3.8) is 0 Å². The molecule has 1 N–H and O–H groups in total. The van der Waals surface area contributed by atoms with Crippen LogP contribution in [-0.4, -0.2) is 19.6 Å². The molecule has 0 aliphatic rings. The quantitative estimate of drug-likeness (QED) is 0.288. The number of nitrogens with zero attached hydrogens (tertiary/aromatic N) is 2. The fourth-order valence-electron chi connectivity index (χ4n) is 2.45. The number of nitrogens with one attached hydrogen (secondary N) is 1. The number of para-hydroxylation sites is 1. The Morgan fingerprint density at radius 3 is 2.39 bits per heavy atom. The molecule has 0 aliphatic heterocycles. The summed E-state index contributed by atoms with van der Waals surface area (Å²) in [5.74, 6) is 0.236. The van der Waals surface area contributed by atoms with Gasteiger partial charge in [0.2, 0.25) is 5.13 Å². The van der Waals surface area contributed by atoms with Gasteiger partial charge in [0.05, 0.1) is 16.4 Å². The molecule has 1 heterocycles. The molecule has 0 amide bonds. The molecule has 0 spiro atoms. The van der Waals surface area contributed by atoms with Crippen molar-refractivity contribution in [1.82, 2.24) is 4.98 Å². The van der Waals surface area contributed by atoms with E-state index < -0.39 is 10.1 Å². The number of hydrogen-bond acceptors (Lipinski definition) is 7. The Balaban J connectivity index is 1.41. The second-order valence-electron chi connectivity index (χ2n) is 5.78. The normalized spacial score (nSPS) is 11.7. The molecule has 0 bridgehead atoms. The lowest BCUT2D eigenvalue weighted by molar-refractivity contribution is 0.486. The first-order valence-corrected chi connectivity index (χ1v) is 10.6. The number of benzene rings is 3. The van der Waals surface area contributed by atoms with Crippen molar-refractivity contribution in [3.8, 4) is 5.75 Å². The minimum Gasteiger partial charge on any atom is -0.379 e. The predicted molar refractivity (Wildman–Crippen MR) is 112 cm³/mol. The molecule has 0 atom stereocenters. The molecule has 0 fully saturated rings. The average Bonchev–Trinajstić information content (AvgIpc) is 3.13. The number of hydrazone groups is 1. The maximum absolute atomic E-state index is 12.2. The topological polar surface area (TPSA) is 80.7 Å².